The second-order valence-corrected chi connectivity index (χ2v) is 6.03. The van der Waals surface area contributed by atoms with Gasteiger partial charge in [0.2, 0.25) is 0 Å². The molecule has 0 bridgehead atoms. The van der Waals surface area contributed by atoms with E-state index in [2.05, 4.69) is 36.5 Å². The normalized spacial score (nSPS) is 22.8. The van der Waals surface area contributed by atoms with E-state index in [1.54, 1.807) is 0 Å². The second kappa shape index (κ2) is 3.33. The number of rotatable bonds is 2. The van der Waals surface area contributed by atoms with Crippen LogP contribution in [0.2, 0.25) is 0 Å². The van der Waals surface area contributed by atoms with Crippen LogP contribution in [0.25, 0.3) is 0 Å². The van der Waals surface area contributed by atoms with E-state index in [1.165, 1.54) is 30.8 Å². The molecule has 0 radical (unpaired) electrons. The highest BCUT2D eigenvalue weighted by molar-refractivity contribution is 5.19. The molecule has 2 heterocycles. The number of hydrogen-bond donors (Lipinski definition) is 0. The molecule has 3 heteroatoms. The fourth-order valence-electron chi connectivity index (χ4n) is 2.93. The average Bonchev–Trinajstić information content (AvgIpc) is 2.79. The van der Waals surface area contributed by atoms with Crippen LogP contribution >= 0.6 is 0 Å². The lowest BCUT2D eigenvalue weighted by Gasteiger charge is -2.31. The van der Waals surface area contributed by atoms with Gasteiger partial charge in [0.1, 0.15) is 0 Å². The van der Waals surface area contributed by atoms with Crippen LogP contribution in [0.15, 0.2) is 6.07 Å². The van der Waals surface area contributed by atoms with E-state index in [0.717, 1.165) is 13.0 Å². The first-order valence-electron chi connectivity index (χ1n) is 6.36. The fourth-order valence-corrected chi connectivity index (χ4v) is 2.93. The Morgan fingerprint density at radius 1 is 1.44 bits per heavy atom. The van der Waals surface area contributed by atoms with Crippen molar-refractivity contribution in [2.24, 2.45) is 5.92 Å². The Bertz CT molecular complexity index is 401. The molecule has 1 aromatic heterocycles. The van der Waals surface area contributed by atoms with Crippen molar-refractivity contribution in [1.29, 1.82) is 0 Å². The Balaban J connectivity index is 1.93. The number of hydrogen-bond acceptors (Lipinski definition) is 2. The summed E-state index contributed by atoms with van der Waals surface area (Å²) in [5.74, 6) is 0.699. The summed E-state index contributed by atoms with van der Waals surface area (Å²) >= 11 is 0. The maximum atomic E-state index is 4.83. The molecule has 3 nitrogen and oxygen atoms in total. The summed E-state index contributed by atoms with van der Waals surface area (Å²) in [7, 11) is 2.22. The molecule has 16 heavy (non-hydrogen) atoms. The summed E-state index contributed by atoms with van der Waals surface area (Å²) in [6.07, 6.45) is 3.74. The van der Waals surface area contributed by atoms with Crippen molar-refractivity contribution < 1.29 is 0 Å². The highest BCUT2D eigenvalue weighted by atomic mass is 15.4. The van der Waals surface area contributed by atoms with Crippen molar-refractivity contribution in [1.82, 2.24) is 14.7 Å². The Labute approximate surface area is 97.4 Å². The first-order valence-corrected chi connectivity index (χ1v) is 6.36. The quantitative estimate of drug-likeness (QED) is 0.758. The third-order valence-electron chi connectivity index (χ3n) is 3.72. The zero-order chi connectivity index (χ0) is 11.3. The molecule has 0 amide bonds. The van der Waals surface area contributed by atoms with Crippen LogP contribution in [0.1, 0.15) is 38.1 Å². The molecule has 0 aromatic carbocycles. The lowest BCUT2D eigenvalue weighted by atomic mass is 10.1. The van der Waals surface area contributed by atoms with Crippen LogP contribution in [-0.4, -0.2) is 28.3 Å². The van der Waals surface area contributed by atoms with Gasteiger partial charge in [-0.3, -0.25) is 9.58 Å². The standard InChI is InChI=1S/C13H21N3/c1-10(2)6-11-7-12-8-15(3)9-13(4-5-13)16(12)14-11/h7,10H,4-6,8-9H2,1-3H3. The molecule has 0 saturated heterocycles. The molecule has 3 rings (SSSR count). The lowest BCUT2D eigenvalue weighted by Crippen LogP contribution is -2.40. The van der Waals surface area contributed by atoms with Gasteiger partial charge in [-0.1, -0.05) is 13.8 Å². The number of aromatic nitrogens is 2. The number of likely N-dealkylation sites (N-methyl/N-ethyl adjacent to an activating group) is 1. The minimum atomic E-state index is 0.373. The molecule has 1 aliphatic heterocycles. The van der Waals surface area contributed by atoms with E-state index in [1.807, 2.05) is 0 Å². The Hall–Kier alpha value is -0.830. The van der Waals surface area contributed by atoms with Crippen LogP contribution < -0.4 is 0 Å². The van der Waals surface area contributed by atoms with Gasteiger partial charge in [0.25, 0.3) is 0 Å². The van der Waals surface area contributed by atoms with Gasteiger partial charge in [-0.2, -0.15) is 5.10 Å². The monoisotopic (exact) mass is 219 g/mol. The predicted octanol–water partition coefficient (Wildman–Crippen LogP) is 2.02. The summed E-state index contributed by atoms with van der Waals surface area (Å²) in [4.78, 5) is 2.43. The molecule has 1 saturated carbocycles. The predicted molar refractivity (Wildman–Crippen MR) is 64.3 cm³/mol. The molecular formula is C13H21N3. The van der Waals surface area contributed by atoms with Gasteiger partial charge in [0, 0.05) is 13.1 Å². The van der Waals surface area contributed by atoms with E-state index in [4.69, 9.17) is 5.10 Å². The highest BCUT2D eigenvalue weighted by Crippen LogP contribution is 2.46. The largest absolute Gasteiger partial charge is 0.298 e. The molecule has 1 spiro atoms. The fraction of sp³-hybridized carbons (Fsp3) is 0.769. The Morgan fingerprint density at radius 3 is 2.81 bits per heavy atom. The summed E-state index contributed by atoms with van der Waals surface area (Å²) in [5.41, 5.74) is 3.07. The number of nitrogens with zero attached hydrogens (tertiary/aromatic N) is 3. The summed E-state index contributed by atoms with van der Waals surface area (Å²) in [6.45, 7) is 6.77. The van der Waals surface area contributed by atoms with Crippen LogP contribution in [0.4, 0.5) is 0 Å². The molecular weight excluding hydrogens is 198 g/mol. The first kappa shape index (κ1) is 10.3. The summed E-state index contributed by atoms with van der Waals surface area (Å²) in [5, 5.41) is 4.83. The second-order valence-electron chi connectivity index (χ2n) is 6.03. The van der Waals surface area contributed by atoms with E-state index in [0.29, 0.717) is 11.5 Å². The minimum absolute atomic E-state index is 0.373. The van der Waals surface area contributed by atoms with Gasteiger partial charge in [0.15, 0.2) is 0 Å². The average molecular weight is 219 g/mol. The maximum Gasteiger partial charge on any atom is 0.0759 e. The zero-order valence-corrected chi connectivity index (χ0v) is 10.5. The number of fused-ring (bicyclic) bond motifs is 2. The van der Waals surface area contributed by atoms with Crippen LogP contribution in [0, 0.1) is 5.92 Å². The van der Waals surface area contributed by atoms with Crippen molar-refractivity contribution in [3.8, 4) is 0 Å². The minimum Gasteiger partial charge on any atom is -0.298 e. The van der Waals surface area contributed by atoms with Gasteiger partial charge < -0.3 is 0 Å². The van der Waals surface area contributed by atoms with Gasteiger partial charge >= 0.3 is 0 Å². The topological polar surface area (TPSA) is 21.1 Å². The summed E-state index contributed by atoms with van der Waals surface area (Å²) < 4.78 is 2.34. The van der Waals surface area contributed by atoms with Crippen molar-refractivity contribution >= 4 is 0 Å². The zero-order valence-electron chi connectivity index (χ0n) is 10.5. The van der Waals surface area contributed by atoms with E-state index in [9.17, 15) is 0 Å². The van der Waals surface area contributed by atoms with Gasteiger partial charge in [-0.15, -0.1) is 0 Å². The lowest BCUT2D eigenvalue weighted by molar-refractivity contribution is 0.193. The van der Waals surface area contributed by atoms with E-state index >= 15 is 0 Å². The molecule has 1 aliphatic carbocycles. The van der Waals surface area contributed by atoms with Crippen molar-refractivity contribution in [2.75, 3.05) is 13.6 Å². The molecule has 1 fully saturated rings. The van der Waals surface area contributed by atoms with Crippen molar-refractivity contribution in [3.05, 3.63) is 17.5 Å². The Kier molecular flexibility index (Phi) is 2.15. The van der Waals surface area contributed by atoms with Crippen LogP contribution in [-0.2, 0) is 18.5 Å². The van der Waals surface area contributed by atoms with Gasteiger partial charge in [0.05, 0.1) is 16.9 Å². The molecule has 0 atom stereocenters. The van der Waals surface area contributed by atoms with E-state index in [-0.39, 0.29) is 0 Å². The molecule has 2 aliphatic rings. The molecule has 1 aromatic rings. The van der Waals surface area contributed by atoms with E-state index < -0.39 is 0 Å². The van der Waals surface area contributed by atoms with Crippen LogP contribution in [0.5, 0.6) is 0 Å². The highest BCUT2D eigenvalue weighted by Gasteiger charge is 2.49. The summed E-state index contributed by atoms with van der Waals surface area (Å²) in [6, 6.07) is 2.32. The third-order valence-corrected chi connectivity index (χ3v) is 3.72. The molecule has 0 unspecified atom stereocenters. The third kappa shape index (κ3) is 1.58. The molecule has 88 valence electrons. The smallest absolute Gasteiger partial charge is 0.0759 e. The Morgan fingerprint density at radius 2 is 2.19 bits per heavy atom. The first-order chi connectivity index (χ1) is 7.59. The van der Waals surface area contributed by atoms with Gasteiger partial charge in [-0.05, 0) is 38.3 Å². The van der Waals surface area contributed by atoms with Crippen molar-refractivity contribution in [2.45, 2.75) is 45.2 Å². The SMILES string of the molecule is CC(C)Cc1cc2n(n1)C1(CC1)CN(C)C2. The molecule has 0 N–H and O–H groups in total. The van der Waals surface area contributed by atoms with Gasteiger partial charge in [-0.25, -0.2) is 0 Å². The van der Waals surface area contributed by atoms with Crippen LogP contribution in [0.3, 0.4) is 0 Å². The maximum absolute atomic E-state index is 4.83. The van der Waals surface area contributed by atoms with Crippen molar-refractivity contribution in [3.63, 3.8) is 0 Å².